The number of hydrogen-bond donors (Lipinski definition) is 1. The molecular weight excluding hydrogens is 265 g/mol. The molecule has 0 aromatic carbocycles. The van der Waals surface area contributed by atoms with E-state index in [0.29, 0.717) is 10.9 Å². The minimum absolute atomic E-state index is 0.189. The van der Waals surface area contributed by atoms with Crippen LogP contribution in [0.3, 0.4) is 0 Å². The van der Waals surface area contributed by atoms with Crippen LogP contribution < -0.4 is 0 Å². The Balaban J connectivity index is 2.89. The standard InChI is InChI=1S/C9H9BrClN3/c1-13-5-7(10)9(12)6-2-3-14-8(11)4-6/h2-5,7,12H,1H3. The van der Waals surface area contributed by atoms with Crippen molar-refractivity contribution in [2.45, 2.75) is 4.83 Å². The van der Waals surface area contributed by atoms with Gasteiger partial charge in [0, 0.05) is 25.0 Å². The van der Waals surface area contributed by atoms with Crippen LogP contribution >= 0.6 is 27.5 Å². The van der Waals surface area contributed by atoms with E-state index >= 15 is 0 Å². The summed E-state index contributed by atoms with van der Waals surface area (Å²) in [6.45, 7) is 0. The number of hydrogen-bond acceptors (Lipinski definition) is 3. The molecule has 14 heavy (non-hydrogen) atoms. The van der Waals surface area contributed by atoms with Gasteiger partial charge < -0.3 is 5.41 Å². The van der Waals surface area contributed by atoms with Crippen LogP contribution in [0.25, 0.3) is 0 Å². The fraction of sp³-hybridized carbons (Fsp3) is 0.222. The van der Waals surface area contributed by atoms with Gasteiger partial charge in [-0.1, -0.05) is 27.5 Å². The predicted molar refractivity (Wildman–Crippen MR) is 63.2 cm³/mol. The summed E-state index contributed by atoms with van der Waals surface area (Å²) in [5, 5.41) is 8.20. The lowest BCUT2D eigenvalue weighted by Crippen LogP contribution is -2.15. The molecule has 5 heteroatoms. The van der Waals surface area contributed by atoms with E-state index in [-0.39, 0.29) is 4.83 Å². The molecule has 0 spiro atoms. The topological polar surface area (TPSA) is 49.1 Å². The third kappa shape index (κ3) is 2.89. The number of aliphatic imine (C=N–C) groups is 1. The number of alkyl halides is 1. The molecule has 0 aliphatic rings. The quantitative estimate of drug-likeness (QED) is 0.514. The molecule has 0 amide bonds. The number of halogens is 2. The molecule has 1 unspecified atom stereocenters. The maximum absolute atomic E-state index is 7.81. The number of aromatic nitrogens is 1. The van der Waals surface area contributed by atoms with Gasteiger partial charge in [0.15, 0.2) is 0 Å². The first-order valence-corrected chi connectivity index (χ1v) is 5.21. The lowest BCUT2D eigenvalue weighted by Gasteiger charge is -2.06. The molecule has 1 atom stereocenters. The first-order chi connectivity index (χ1) is 6.65. The van der Waals surface area contributed by atoms with Crippen molar-refractivity contribution in [1.82, 2.24) is 4.98 Å². The molecule has 0 radical (unpaired) electrons. The molecule has 0 bridgehead atoms. The van der Waals surface area contributed by atoms with E-state index in [0.717, 1.165) is 5.56 Å². The van der Waals surface area contributed by atoms with Crippen molar-refractivity contribution in [1.29, 1.82) is 5.41 Å². The van der Waals surface area contributed by atoms with Crippen molar-refractivity contribution in [2.75, 3.05) is 7.05 Å². The Hall–Kier alpha value is -0.740. The molecule has 1 rings (SSSR count). The highest BCUT2D eigenvalue weighted by Crippen LogP contribution is 2.12. The summed E-state index contributed by atoms with van der Waals surface area (Å²) in [6.07, 6.45) is 3.23. The van der Waals surface area contributed by atoms with Crippen LogP contribution in [0.4, 0.5) is 0 Å². The molecule has 1 aromatic heterocycles. The first kappa shape index (κ1) is 11.3. The van der Waals surface area contributed by atoms with Gasteiger partial charge in [-0.3, -0.25) is 4.99 Å². The maximum Gasteiger partial charge on any atom is 0.129 e. The van der Waals surface area contributed by atoms with Gasteiger partial charge in [0.2, 0.25) is 0 Å². The average molecular weight is 275 g/mol. The fourth-order valence-electron chi connectivity index (χ4n) is 0.935. The van der Waals surface area contributed by atoms with Crippen LogP contribution in [0, 0.1) is 5.41 Å². The number of nitrogens with zero attached hydrogens (tertiary/aromatic N) is 2. The summed E-state index contributed by atoms with van der Waals surface area (Å²) >= 11 is 9.04. The second-order valence-corrected chi connectivity index (χ2v) is 3.96. The number of pyridine rings is 1. The SMILES string of the molecule is CN=CC(Br)C(=N)c1ccnc(Cl)c1. The van der Waals surface area contributed by atoms with Crippen molar-refractivity contribution < 1.29 is 0 Å². The molecule has 74 valence electrons. The molecule has 0 aliphatic heterocycles. The summed E-state index contributed by atoms with van der Waals surface area (Å²) in [5.41, 5.74) is 1.16. The molecule has 3 nitrogen and oxygen atoms in total. The summed E-state index contributed by atoms with van der Waals surface area (Å²) < 4.78 is 0. The molecule has 1 N–H and O–H groups in total. The largest absolute Gasteiger partial charge is 0.303 e. The lowest BCUT2D eigenvalue weighted by molar-refractivity contribution is 1.30. The Kier molecular flexibility index (Phi) is 4.22. The molecule has 0 aliphatic carbocycles. The Morgan fingerprint density at radius 1 is 1.79 bits per heavy atom. The summed E-state index contributed by atoms with van der Waals surface area (Å²) in [6, 6.07) is 3.40. The Morgan fingerprint density at radius 3 is 3.07 bits per heavy atom. The zero-order valence-electron chi connectivity index (χ0n) is 7.54. The maximum atomic E-state index is 7.81. The van der Waals surface area contributed by atoms with Crippen molar-refractivity contribution in [3.05, 3.63) is 29.0 Å². The van der Waals surface area contributed by atoms with E-state index in [1.807, 2.05) is 0 Å². The minimum atomic E-state index is -0.189. The monoisotopic (exact) mass is 273 g/mol. The third-order valence-electron chi connectivity index (χ3n) is 1.59. The number of rotatable bonds is 3. The molecular formula is C9H9BrClN3. The van der Waals surface area contributed by atoms with Crippen LogP contribution in [-0.4, -0.2) is 28.8 Å². The summed E-state index contributed by atoms with van der Waals surface area (Å²) in [4.78, 5) is 7.50. The van der Waals surface area contributed by atoms with Crippen molar-refractivity contribution in [3.8, 4) is 0 Å². The second-order valence-electron chi connectivity index (χ2n) is 2.59. The first-order valence-electron chi connectivity index (χ1n) is 3.92. The van der Waals surface area contributed by atoms with Gasteiger partial charge in [0.1, 0.15) is 5.15 Å². The van der Waals surface area contributed by atoms with E-state index in [1.54, 1.807) is 31.6 Å². The average Bonchev–Trinajstić information content (AvgIpc) is 2.17. The third-order valence-corrected chi connectivity index (χ3v) is 2.49. The summed E-state index contributed by atoms with van der Waals surface area (Å²) in [7, 11) is 1.67. The van der Waals surface area contributed by atoms with Crippen LogP contribution in [-0.2, 0) is 0 Å². The van der Waals surface area contributed by atoms with Crippen LogP contribution in [0.1, 0.15) is 5.56 Å². The van der Waals surface area contributed by atoms with E-state index in [4.69, 9.17) is 17.0 Å². The highest BCUT2D eigenvalue weighted by atomic mass is 79.9. The van der Waals surface area contributed by atoms with Crippen LogP contribution in [0.15, 0.2) is 23.3 Å². The van der Waals surface area contributed by atoms with E-state index in [1.165, 1.54) is 0 Å². The zero-order valence-corrected chi connectivity index (χ0v) is 9.88. The fourth-order valence-corrected chi connectivity index (χ4v) is 1.61. The van der Waals surface area contributed by atoms with E-state index < -0.39 is 0 Å². The highest BCUT2D eigenvalue weighted by molar-refractivity contribution is 9.10. The van der Waals surface area contributed by atoms with Crippen LogP contribution in [0.5, 0.6) is 0 Å². The van der Waals surface area contributed by atoms with Gasteiger partial charge in [-0.2, -0.15) is 0 Å². The predicted octanol–water partition coefficient (Wildman–Crippen LogP) is 2.57. The molecule has 0 saturated carbocycles. The lowest BCUT2D eigenvalue weighted by atomic mass is 10.1. The van der Waals surface area contributed by atoms with Crippen molar-refractivity contribution in [2.24, 2.45) is 4.99 Å². The Bertz CT molecular complexity index is 365. The van der Waals surface area contributed by atoms with Crippen LogP contribution in [0.2, 0.25) is 5.15 Å². The smallest absolute Gasteiger partial charge is 0.129 e. The van der Waals surface area contributed by atoms with Gasteiger partial charge in [0.05, 0.1) is 10.5 Å². The molecule has 0 fully saturated rings. The van der Waals surface area contributed by atoms with Gasteiger partial charge in [-0.25, -0.2) is 4.98 Å². The van der Waals surface area contributed by atoms with Gasteiger partial charge in [-0.05, 0) is 12.1 Å². The molecule has 0 saturated heterocycles. The van der Waals surface area contributed by atoms with Gasteiger partial charge in [-0.15, -0.1) is 0 Å². The van der Waals surface area contributed by atoms with E-state index in [9.17, 15) is 0 Å². The van der Waals surface area contributed by atoms with Crippen molar-refractivity contribution in [3.63, 3.8) is 0 Å². The molecule has 1 aromatic rings. The normalized spacial score (nSPS) is 13.1. The molecule has 1 heterocycles. The van der Waals surface area contributed by atoms with E-state index in [2.05, 4.69) is 25.9 Å². The number of nitrogens with one attached hydrogen (secondary N) is 1. The zero-order chi connectivity index (χ0) is 10.6. The summed E-state index contributed by atoms with van der Waals surface area (Å²) in [5.74, 6) is 0. The second kappa shape index (κ2) is 5.22. The van der Waals surface area contributed by atoms with Gasteiger partial charge in [0.25, 0.3) is 0 Å². The Labute approximate surface area is 95.9 Å². The highest BCUT2D eigenvalue weighted by Gasteiger charge is 2.10. The van der Waals surface area contributed by atoms with Gasteiger partial charge >= 0.3 is 0 Å². The van der Waals surface area contributed by atoms with Crippen molar-refractivity contribution >= 4 is 39.5 Å². The minimum Gasteiger partial charge on any atom is -0.303 e. The Morgan fingerprint density at radius 2 is 2.50 bits per heavy atom.